The molecule has 4 nitrogen and oxygen atoms in total. The standard InChI is InChI=1S/C18H25NO3/c1-12(2)15-6-8-22-17(15)18(20)19-7-9-21-16-5-4-13(3)10-14(16)11-19/h4-5,10,12,15,17H,6-9,11H2,1-3H3/t15-,17-/m1/s1. The summed E-state index contributed by atoms with van der Waals surface area (Å²) in [4.78, 5) is 14.8. The molecule has 0 saturated carbocycles. The summed E-state index contributed by atoms with van der Waals surface area (Å²) in [5.74, 6) is 1.81. The largest absolute Gasteiger partial charge is 0.491 e. The number of hydrogen-bond donors (Lipinski definition) is 0. The number of benzene rings is 1. The molecule has 120 valence electrons. The van der Waals surface area contributed by atoms with E-state index in [1.807, 2.05) is 17.0 Å². The van der Waals surface area contributed by atoms with Crippen molar-refractivity contribution in [2.24, 2.45) is 11.8 Å². The minimum absolute atomic E-state index is 0.120. The molecule has 1 saturated heterocycles. The lowest BCUT2D eigenvalue weighted by Gasteiger charge is -2.27. The SMILES string of the molecule is Cc1ccc2c(c1)CN(C(=O)[C@@H]1OCC[C@@H]1C(C)C)CCO2. The molecule has 3 rings (SSSR count). The number of ether oxygens (including phenoxy) is 2. The van der Waals surface area contributed by atoms with Crippen LogP contribution in [0, 0.1) is 18.8 Å². The first kappa shape index (κ1) is 15.3. The fourth-order valence-corrected chi connectivity index (χ4v) is 3.43. The molecule has 1 aromatic rings. The third kappa shape index (κ3) is 2.98. The molecule has 2 aliphatic rings. The van der Waals surface area contributed by atoms with Gasteiger partial charge in [-0.2, -0.15) is 0 Å². The van der Waals surface area contributed by atoms with Gasteiger partial charge < -0.3 is 14.4 Å². The van der Waals surface area contributed by atoms with E-state index in [-0.39, 0.29) is 12.0 Å². The summed E-state index contributed by atoms with van der Waals surface area (Å²) in [6.07, 6.45) is 0.694. The predicted octanol–water partition coefficient (Wildman–Crippen LogP) is 2.78. The van der Waals surface area contributed by atoms with Crippen LogP contribution in [0.15, 0.2) is 18.2 Å². The number of aryl methyl sites for hydroxylation is 1. The van der Waals surface area contributed by atoms with Crippen molar-refractivity contribution in [3.63, 3.8) is 0 Å². The molecule has 1 aromatic carbocycles. The molecule has 0 N–H and O–H groups in total. The van der Waals surface area contributed by atoms with E-state index in [0.29, 0.717) is 38.1 Å². The zero-order valence-electron chi connectivity index (χ0n) is 13.7. The van der Waals surface area contributed by atoms with E-state index in [4.69, 9.17) is 9.47 Å². The smallest absolute Gasteiger partial charge is 0.252 e. The van der Waals surface area contributed by atoms with Gasteiger partial charge in [0.1, 0.15) is 18.5 Å². The topological polar surface area (TPSA) is 38.8 Å². The molecule has 2 heterocycles. The van der Waals surface area contributed by atoms with Crippen molar-refractivity contribution < 1.29 is 14.3 Å². The van der Waals surface area contributed by atoms with Crippen LogP contribution in [0.5, 0.6) is 5.75 Å². The van der Waals surface area contributed by atoms with Gasteiger partial charge in [-0.05, 0) is 31.2 Å². The normalized spacial score (nSPS) is 24.8. The van der Waals surface area contributed by atoms with E-state index in [1.165, 1.54) is 5.56 Å². The third-order valence-electron chi connectivity index (χ3n) is 4.74. The Balaban J connectivity index is 1.78. The summed E-state index contributed by atoms with van der Waals surface area (Å²) >= 11 is 0. The van der Waals surface area contributed by atoms with Crippen LogP contribution in [0.4, 0.5) is 0 Å². The molecule has 0 spiro atoms. The molecule has 1 amide bonds. The summed E-state index contributed by atoms with van der Waals surface area (Å²) in [6, 6.07) is 6.16. The molecule has 0 aliphatic carbocycles. The van der Waals surface area contributed by atoms with Gasteiger partial charge in [-0.25, -0.2) is 0 Å². The maximum absolute atomic E-state index is 12.9. The summed E-state index contributed by atoms with van der Waals surface area (Å²) in [5.41, 5.74) is 2.28. The minimum atomic E-state index is -0.286. The van der Waals surface area contributed by atoms with E-state index in [0.717, 1.165) is 17.7 Å². The van der Waals surface area contributed by atoms with Gasteiger partial charge in [0.2, 0.25) is 0 Å². The third-order valence-corrected chi connectivity index (χ3v) is 4.74. The first-order chi connectivity index (χ1) is 10.6. The molecule has 4 heteroatoms. The second kappa shape index (κ2) is 6.29. The van der Waals surface area contributed by atoms with Gasteiger partial charge in [0.15, 0.2) is 0 Å². The van der Waals surface area contributed by atoms with Crippen LogP contribution in [0.1, 0.15) is 31.4 Å². The molecule has 2 atom stereocenters. The Morgan fingerprint density at radius 2 is 2.14 bits per heavy atom. The van der Waals surface area contributed by atoms with Gasteiger partial charge in [0, 0.05) is 18.7 Å². The van der Waals surface area contributed by atoms with E-state index in [2.05, 4.69) is 26.8 Å². The molecule has 2 aliphatic heterocycles. The van der Waals surface area contributed by atoms with Gasteiger partial charge in [-0.1, -0.05) is 31.5 Å². The number of fused-ring (bicyclic) bond motifs is 1. The molecule has 0 bridgehead atoms. The zero-order chi connectivity index (χ0) is 15.7. The summed E-state index contributed by atoms with van der Waals surface area (Å²) in [6.45, 7) is 8.87. The summed E-state index contributed by atoms with van der Waals surface area (Å²) in [7, 11) is 0. The lowest BCUT2D eigenvalue weighted by molar-refractivity contribution is -0.144. The van der Waals surface area contributed by atoms with Gasteiger partial charge in [-0.15, -0.1) is 0 Å². The average molecular weight is 303 g/mol. The van der Waals surface area contributed by atoms with Crippen molar-refractivity contribution in [2.45, 2.75) is 39.8 Å². The first-order valence-corrected chi connectivity index (χ1v) is 8.19. The fourth-order valence-electron chi connectivity index (χ4n) is 3.43. The van der Waals surface area contributed by atoms with Crippen molar-refractivity contribution in [1.29, 1.82) is 0 Å². The average Bonchev–Trinajstić information content (AvgIpc) is 2.88. The van der Waals surface area contributed by atoms with Crippen LogP contribution in [0.3, 0.4) is 0 Å². The number of amides is 1. The van der Waals surface area contributed by atoms with Gasteiger partial charge >= 0.3 is 0 Å². The lowest BCUT2D eigenvalue weighted by atomic mass is 9.89. The van der Waals surface area contributed by atoms with Crippen molar-refractivity contribution >= 4 is 5.91 Å². The monoisotopic (exact) mass is 303 g/mol. The minimum Gasteiger partial charge on any atom is -0.491 e. The summed E-state index contributed by atoms with van der Waals surface area (Å²) in [5, 5.41) is 0. The second-order valence-corrected chi connectivity index (χ2v) is 6.71. The van der Waals surface area contributed by atoms with Crippen molar-refractivity contribution in [2.75, 3.05) is 19.8 Å². The quantitative estimate of drug-likeness (QED) is 0.843. The van der Waals surface area contributed by atoms with Crippen molar-refractivity contribution in [3.8, 4) is 5.75 Å². The van der Waals surface area contributed by atoms with E-state index >= 15 is 0 Å². The Hall–Kier alpha value is -1.55. The van der Waals surface area contributed by atoms with E-state index in [1.54, 1.807) is 0 Å². The number of carbonyl (C=O) groups excluding carboxylic acids is 1. The van der Waals surface area contributed by atoms with Gasteiger partial charge in [-0.3, -0.25) is 4.79 Å². The Morgan fingerprint density at radius 3 is 2.91 bits per heavy atom. The maximum Gasteiger partial charge on any atom is 0.252 e. The number of carbonyl (C=O) groups is 1. The Kier molecular flexibility index (Phi) is 4.39. The predicted molar refractivity (Wildman–Crippen MR) is 84.8 cm³/mol. The highest BCUT2D eigenvalue weighted by Crippen LogP contribution is 2.31. The maximum atomic E-state index is 12.9. The van der Waals surface area contributed by atoms with Crippen molar-refractivity contribution in [3.05, 3.63) is 29.3 Å². The Labute approximate surface area is 132 Å². The Bertz CT molecular complexity index is 555. The van der Waals surface area contributed by atoms with Crippen LogP contribution in [-0.4, -0.2) is 36.7 Å². The highest BCUT2D eigenvalue weighted by atomic mass is 16.5. The van der Waals surface area contributed by atoms with Crippen LogP contribution < -0.4 is 4.74 Å². The van der Waals surface area contributed by atoms with E-state index < -0.39 is 0 Å². The van der Waals surface area contributed by atoms with Crippen LogP contribution in [0.25, 0.3) is 0 Å². The fraction of sp³-hybridized carbons (Fsp3) is 0.611. The van der Waals surface area contributed by atoms with Crippen LogP contribution >= 0.6 is 0 Å². The first-order valence-electron chi connectivity index (χ1n) is 8.19. The second-order valence-electron chi connectivity index (χ2n) is 6.71. The summed E-state index contributed by atoms with van der Waals surface area (Å²) < 4.78 is 11.5. The molecule has 1 fully saturated rings. The lowest BCUT2D eigenvalue weighted by Crippen LogP contribution is -2.43. The molecular weight excluding hydrogens is 278 g/mol. The van der Waals surface area contributed by atoms with Gasteiger partial charge in [0.25, 0.3) is 5.91 Å². The number of nitrogens with zero attached hydrogens (tertiary/aromatic N) is 1. The number of rotatable bonds is 2. The molecular formula is C18H25NO3. The molecule has 22 heavy (non-hydrogen) atoms. The molecule has 0 aromatic heterocycles. The highest BCUT2D eigenvalue weighted by Gasteiger charge is 2.38. The highest BCUT2D eigenvalue weighted by molar-refractivity contribution is 5.81. The zero-order valence-corrected chi connectivity index (χ0v) is 13.7. The van der Waals surface area contributed by atoms with Crippen molar-refractivity contribution in [1.82, 2.24) is 4.90 Å². The van der Waals surface area contributed by atoms with Crippen LogP contribution in [-0.2, 0) is 16.1 Å². The Morgan fingerprint density at radius 1 is 1.32 bits per heavy atom. The molecule has 0 unspecified atom stereocenters. The number of hydrogen-bond acceptors (Lipinski definition) is 3. The van der Waals surface area contributed by atoms with Crippen LogP contribution in [0.2, 0.25) is 0 Å². The van der Waals surface area contributed by atoms with Gasteiger partial charge in [0.05, 0.1) is 6.54 Å². The van der Waals surface area contributed by atoms with E-state index in [9.17, 15) is 4.79 Å². The molecule has 0 radical (unpaired) electrons.